The number of benzene rings is 1. The maximum atomic E-state index is 5.29. The first-order chi connectivity index (χ1) is 6.36. The number of methoxy groups -OCH3 is 1. The molecule has 2 rings (SSSR count). The molecule has 0 aliphatic carbocycles. The minimum atomic E-state index is 0.222. The van der Waals surface area contributed by atoms with Crippen molar-refractivity contribution >= 4 is 0 Å². The molecule has 0 radical (unpaired) electrons. The Bertz CT molecular complexity index is 376. The minimum Gasteiger partial charge on any atom is -0.491 e. The van der Waals surface area contributed by atoms with Crippen LogP contribution in [0.2, 0.25) is 0 Å². The molecule has 3 nitrogen and oxygen atoms in total. The summed E-state index contributed by atoms with van der Waals surface area (Å²) in [5, 5.41) is 0. The summed E-state index contributed by atoms with van der Waals surface area (Å²) in [5.41, 5.74) is 0.673. The van der Waals surface area contributed by atoms with Gasteiger partial charge in [0, 0.05) is 0 Å². The summed E-state index contributed by atoms with van der Waals surface area (Å²) >= 11 is 0. The van der Waals surface area contributed by atoms with Crippen molar-refractivity contribution < 1.29 is 14.2 Å². The first kappa shape index (κ1) is 7.81. The van der Waals surface area contributed by atoms with Gasteiger partial charge in [-0.3, -0.25) is 0 Å². The van der Waals surface area contributed by atoms with E-state index >= 15 is 0 Å². The Morgan fingerprint density at radius 1 is 1.46 bits per heavy atom. The van der Waals surface area contributed by atoms with E-state index in [0.29, 0.717) is 22.8 Å². The Morgan fingerprint density at radius 2 is 2.31 bits per heavy atom. The highest BCUT2D eigenvalue weighted by atomic mass is 16.7. The third-order valence-electron chi connectivity index (χ3n) is 1.85. The van der Waals surface area contributed by atoms with Crippen molar-refractivity contribution in [3.63, 3.8) is 0 Å². The molecule has 0 saturated heterocycles. The number of hydrogen-bond donors (Lipinski definition) is 0. The predicted molar refractivity (Wildman–Crippen MR) is 47.1 cm³/mol. The Morgan fingerprint density at radius 3 is 3.00 bits per heavy atom. The maximum absolute atomic E-state index is 5.29. The van der Waals surface area contributed by atoms with E-state index in [4.69, 9.17) is 20.6 Å². The van der Waals surface area contributed by atoms with E-state index in [1.165, 1.54) is 0 Å². The molecule has 1 heterocycles. The van der Waals surface area contributed by atoms with Crippen LogP contribution in [0.5, 0.6) is 17.2 Å². The topological polar surface area (TPSA) is 27.7 Å². The molecule has 1 aliphatic rings. The van der Waals surface area contributed by atoms with Gasteiger partial charge in [-0.15, -0.1) is 6.42 Å². The van der Waals surface area contributed by atoms with Gasteiger partial charge in [0.1, 0.15) is 0 Å². The van der Waals surface area contributed by atoms with Gasteiger partial charge in [-0.2, -0.15) is 0 Å². The van der Waals surface area contributed by atoms with Gasteiger partial charge in [0.05, 0.1) is 12.7 Å². The van der Waals surface area contributed by atoms with Crippen molar-refractivity contribution in [1.29, 1.82) is 0 Å². The molecule has 0 fully saturated rings. The molecule has 0 saturated carbocycles. The maximum Gasteiger partial charge on any atom is 0.231 e. The fourth-order valence-corrected chi connectivity index (χ4v) is 1.26. The molecule has 0 bridgehead atoms. The van der Waals surface area contributed by atoms with Crippen LogP contribution in [0.3, 0.4) is 0 Å². The van der Waals surface area contributed by atoms with Crippen molar-refractivity contribution in [2.45, 2.75) is 0 Å². The summed E-state index contributed by atoms with van der Waals surface area (Å²) < 4.78 is 15.5. The lowest BCUT2D eigenvalue weighted by atomic mass is 10.2. The minimum absolute atomic E-state index is 0.222. The number of rotatable bonds is 1. The van der Waals surface area contributed by atoms with Crippen molar-refractivity contribution in [2.75, 3.05) is 13.9 Å². The van der Waals surface area contributed by atoms with Crippen LogP contribution in [0.15, 0.2) is 12.1 Å². The SMILES string of the molecule is C#Cc1ccc2c(c1OC)OCO2. The largest absolute Gasteiger partial charge is 0.491 e. The van der Waals surface area contributed by atoms with E-state index in [-0.39, 0.29) is 6.79 Å². The Balaban J connectivity index is 2.61. The molecular weight excluding hydrogens is 168 g/mol. The zero-order valence-corrected chi connectivity index (χ0v) is 7.16. The number of fused-ring (bicyclic) bond motifs is 1. The summed E-state index contributed by atoms with van der Waals surface area (Å²) in [5.74, 6) is 4.35. The second-order valence-electron chi connectivity index (χ2n) is 2.52. The highest BCUT2D eigenvalue weighted by molar-refractivity contribution is 5.61. The molecule has 0 N–H and O–H groups in total. The average molecular weight is 176 g/mol. The van der Waals surface area contributed by atoms with Crippen molar-refractivity contribution in [1.82, 2.24) is 0 Å². The molecular formula is C10H8O3. The second-order valence-corrected chi connectivity index (χ2v) is 2.52. The van der Waals surface area contributed by atoms with Crippen LogP contribution in [0.1, 0.15) is 5.56 Å². The molecule has 1 aromatic carbocycles. The van der Waals surface area contributed by atoms with E-state index in [2.05, 4.69) is 5.92 Å². The first-order valence-corrected chi connectivity index (χ1v) is 3.80. The fourth-order valence-electron chi connectivity index (χ4n) is 1.26. The summed E-state index contributed by atoms with van der Waals surface area (Å²) in [6.07, 6.45) is 5.29. The molecule has 0 unspecified atom stereocenters. The van der Waals surface area contributed by atoms with Gasteiger partial charge in [0.25, 0.3) is 0 Å². The lowest BCUT2D eigenvalue weighted by Crippen LogP contribution is -1.94. The quantitative estimate of drug-likeness (QED) is 0.605. The number of terminal acetylenes is 1. The monoisotopic (exact) mass is 176 g/mol. The zero-order valence-electron chi connectivity index (χ0n) is 7.16. The van der Waals surface area contributed by atoms with E-state index in [0.717, 1.165) is 0 Å². The fraction of sp³-hybridized carbons (Fsp3) is 0.200. The molecule has 13 heavy (non-hydrogen) atoms. The molecule has 0 aromatic heterocycles. The molecule has 66 valence electrons. The summed E-state index contributed by atoms with van der Waals surface area (Å²) in [4.78, 5) is 0. The molecule has 3 heteroatoms. The molecule has 1 aromatic rings. The van der Waals surface area contributed by atoms with E-state index in [9.17, 15) is 0 Å². The summed E-state index contributed by atoms with van der Waals surface area (Å²) in [6.45, 7) is 0.222. The van der Waals surface area contributed by atoms with E-state index < -0.39 is 0 Å². The van der Waals surface area contributed by atoms with Gasteiger partial charge in [-0.05, 0) is 12.1 Å². The van der Waals surface area contributed by atoms with Crippen LogP contribution in [-0.2, 0) is 0 Å². The van der Waals surface area contributed by atoms with Gasteiger partial charge in [-0.1, -0.05) is 5.92 Å². The lowest BCUT2D eigenvalue weighted by Gasteiger charge is -2.05. The number of hydrogen-bond acceptors (Lipinski definition) is 3. The van der Waals surface area contributed by atoms with Gasteiger partial charge < -0.3 is 14.2 Å². The van der Waals surface area contributed by atoms with Gasteiger partial charge in [0.2, 0.25) is 12.5 Å². The average Bonchev–Trinajstić information content (AvgIpc) is 2.63. The van der Waals surface area contributed by atoms with Crippen molar-refractivity contribution in [3.8, 4) is 29.6 Å². The van der Waals surface area contributed by atoms with Gasteiger partial charge >= 0.3 is 0 Å². The van der Waals surface area contributed by atoms with Gasteiger partial charge in [0.15, 0.2) is 11.5 Å². The van der Waals surface area contributed by atoms with Gasteiger partial charge in [-0.25, -0.2) is 0 Å². The molecule has 1 aliphatic heterocycles. The van der Waals surface area contributed by atoms with Crippen LogP contribution in [0.4, 0.5) is 0 Å². The predicted octanol–water partition coefficient (Wildman–Crippen LogP) is 1.41. The number of ether oxygens (including phenoxy) is 3. The Hall–Kier alpha value is -1.82. The third kappa shape index (κ3) is 1.07. The smallest absolute Gasteiger partial charge is 0.231 e. The van der Waals surface area contributed by atoms with E-state index in [1.807, 2.05) is 0 Å². The van der Waals surface area contributed by atoms with Crippen LogP contribution in [0.25, 0.3) is 0 Å². The Kier molecular flexibility index (Phi) is 1.75. The highest BCUT2D eigenvalue weighted by Crippen LogP contribution is 2.42. The molecule has 0 spiro atoms. The lowest BCUT2D eigenvalue weighted by molar-refractivity contribution is 0.171. The van der Waals surface area contributed by atoms with Crippen LogP contribution in [-0.4, -0.2) is 13.9 Å². The molecule has 0 amide bonds. The normalized spacial score (nSPS) is 12.3. The Labute approximate surface area is 76.2 Å². The van der Waals surface area contributed by atoms with E-state index in [1.54, 1.807) is 19.2 Å². The molecule has 0 atom stereocenters. The zero-order chi connectivity index (χ0) is 9.26. The van der Waals surface area contributed by atoms with Crippen molar-refractivity contribution in [2.24, 2.45) is 0 Å². The van der Waals surface area contributed by atoms with Crippen LogP contribution >= 0.6 is 0 Å². The van der Waals surface area contributed by atoms with Crippen LogP contribution in [0, 0.1) is 12.3 Å². The first-order valence-electron chi connectivity index (χ1n) is 3.80. The third-order valence-corrected chi connectivity index (χ3v) is 1.85. The van der Waals surface area contributed by atoms with Crippen LogP contribution < -0.4 is 14.2 Å². The summed E-state index contributed by atoms with van der Waals surface area (Å²) in [7, 11) is 1.55. The summed E-state index contributed by atoms with van der Waals surface area (Å²) in [6, 6.07) is 3.55. The highest BCUT2D eigenvalue weighted by Gasteiger charge is 2.20. The standard InChI is InChI=1S/C10H8O3/c1-3-7-4-5-8-10(9(7)11-2)13-6-12-8/h1,4-5H,6H2,2H3. The second kappa shape index (κ2) is 2.91. The van der Waals surface area contributed by atoms with Crippen molar-refractivity contribution in [3.05, 3.63) is 17.7 Å².